The maximum atomic E-state index is 11.2. The lowest BCUT2D eigenvalue weighted by Gasteiger charge is -2.00. The molecule has 0 aliphatic heterocycles. The van der Waals surface area contributed by atoms with Crippen LogP contribution in [0.25, 0.3) is 0 Å². The topological polar surface area (TPSA) is 18.5 Å². The molecule has 0 spiro atoms. The summed E-state index contributed by atoms with van der Waals surface area (Å²) < 4.78 is 31.3. The highest BCUT2D eigenvalue weighted by molar-refractivity contribution is 4.63. The molecule has 0 aromatic carbocycles. The summed E-state index contributed by atoms with van der Waals surface area (Å²) in [5.41, 5.74) is 0. The van der Waals surface area contributed by atoms with Crippen LogP contribution in [0.4, 0.5) is 8.78 Å². The summed E-state index contributed by atoms with van der Waals surface area (Å²) in [7, 11) is 0. The summed E-state index contributed by atoms with van der Waals surface area (Å²) in [5.74, 6) is 0. The summed E-state index contributed by atoms with van der Waals surface area (Å²) in [4.78, 5) is 0. The molecule has 0 fully saturated rings. The summed E-state index contributed by atoms with van der Waals surface area (Å²) in [6, 6.07) is 0. The van der Waals surface area contributed by atoms with Gasteiger partial charge in [-0.15, -0.1) is 6.58 Å². The summed E-state index contributed by atoms with van der Waals surface area (Å²) in [5, 5.41) is 0. The average Bonchev–Trinajstić information content (AvgIpc) is 1.96. The third-order valence-corrected chi connectivity index (χ3v) is 0.880. The van der Waals surface area contributed by atoms with Gasteiger partial charge in [0.25, 0.3) is 0 Å². The van der Waals surface area contributed by atoms with E-state index in [4.69, 9.17) is 4.74 Å². The summed E-state index contributed by atoms with van der Waals surface area (Å²) in [6.07, 6.45) is 2.06. The van der Waals surface area contributed by atoms with Gasteiger partial charge >= 0.3 is 6.61 Å². The first-order valence-electron chi connectivity index (χ1n) is 3.26. The Morgan fingerprint density at radius 3 is 2.64 bits per heavy atom. The highest BCUT2D eigenvalue weighted by atomic mass is 19.3. The molecule has 0 N–H and O–H groups in total. The highest BCUT2D eigenvalue weighted by Gasteiger charge is 2.03. The zero-order chi connectivity index (χ0) is 8.53. The quantitative estimate of drug-likeness (QED) is 0.424. The van der Waals surface area contributed by atoms with E-state index in [1.54, 1.807) is 6.08 Å². The van der Waals surface area contributed by atoms with Crippen LogP contribution in [0.5, 0.6) is 0 Å². The fraction of sp³-hybridized carbons (Fsp3) is 0.571. The Kier molecular flexibility index (Phi) is 7.29. The van der Waals surface area contributed by atoms with Crippen molar-refractivity contribution < 1.29 is 18.3 Å². The molecule has 2 nitrogen and oxygen atoms in total. The zero-order valence-electron chi connectivity index (χ0n) is 6.19. The van der Waals surface area contributed by atoms with E-state index < -0.39 is 6.61 Å². The Morgan fingerprint density at radius 2 is 2.09 bits per heavy atom. The van der Waals surface area contributed by atoms with Gasteiger partial charge in [-0.05, 0) is 6.42 Å². The summed E-state index contributed by atoms with van der Waals surface area (Å²) >= 11 is 0. The molecule has 65 valence electrons. The van der Waals surface area contributed by atoms with Gasteiger partial charge in [0.15, 0.2) is 0 Å². The molecule has 0 heterocycles. The van der Waals surface area contributed by atoms with E-state index in [-0.39, 0.29) is 6.61 Å². The predicted octanol–water partition coefficient (Wildman–Crippen LogP) is 1.98. The van der Waals surface area contributed by atoms with Crippen molar-refractivity contribution in [2.75, 3.05) is 19.8 Å². The molecule has 0 saturated heterocycles. The lowest BCUT2D eigenvalue weighted by atomic mass is 10.5. The Labute approximate surface area is 64.8 Å². The van der Waals surface area contributed by atoms with E-state index >= 15 is 0 Å². The predicted molar refractivity (Wildman–Crippen MR) is 37.0 cm³/mol. The standard InChI is InChI=1S/C7H11F2O2/c1-2-4-10-5-3-6-11-7(8)9/h2H,1,3-6H2. The van der Waals surface area contributed by atoms with E-state index in [0.29, 0.717) is 19.6 Å². The van der Waals surface area contributed by atoms with Gasteiger partial charge in [-0.2, -0.15) is 8.78 Å². The van der Waals surface area contributed by atoms with Gasteiger partial charge in [-0.3, -0.25) is 0 Å². The van der Waals surface area contributed by atoms with Gasteiger partial charge in [0.05, 0.1) is 13.2 Å². The molecule has 0 unspecified atom stereocenters. The van der Waals surface area contributed by atoms with Gasteiger partial charge in [-0.25, -0.2) is 0 Å². The zero-order valence-corrected chi connectivity index (χ0v) is 6.19. The first-order chi connectivity index (χ1) is 5.27. The molecule has 0 aliphatic rings. The molecule has 0 aliphatic carbocycles. The molecule has 0 amide bonds. The first-order valence-corrected chi connectivity index (χ1v) is 3.26. The van der Waals surface area contributed by atoms with E-state index in [9.17, 15) is 8.78 Å². The Hall–Kier alpha value is -0.480. The van der Waals surface area contributed by atoms with E-state index in [1.807, 2.05) is 0 Å². The Bertz CT molecular complexity index is 96.4. The van der Waals surface area contributed by atoms with Crippen LogP contribution in [0.3, 0.4) is 0 Å². The van der Waals surface area contributed by atoms with Gasteiger partial charge in [0, 0.05) is 6.61 Å². The van der Waals surface area contributed by atoms with E-state index in [2.05, 4.69) is 11.3 Å². The van der Waals surface area contributed by atoms with Crippen molar-refractivity contribution in [2.45, 2.75) is 6.42 Å². The van der Waals surface area contributed by atoms with E-state index in [1.165, 1.54) is 0 Å². The third-order valence-electron chi connectivity index (χ3n) is 0.880. The van der Waals surface area contributed by atoms with Crippen molar-refractivity contribution in [3.63, 3.8) is 0 Å². The van der Waals surface area contributed by atoms with Crippen molar-refractivity contribution in [3.05, 3.63) is 19.3 Å². The van der Waals surface area contributed by atoms with Crippen LogP contribution in [0.1, 0.15) is 6.42 Å². The molecular formula is C7H11F2O2. The van der Waals surface area contributed by atoms with Gasteiger partial charge in [0.2, 0.25) is 0 Å². The normalized spacial score (nSPS) is 10.5. The second-order valence-electron chi connectivity index (χ2n) is 1.79. The number of hydrogen-bond acceptors (Lipinski definition) is 2. The van der Waals surface area contributed by atoms with Crippen LogP contribution in [-0.2, 0) is 9.47 Å². The van der Waals surface area contributed by atoms with Crippen LogP contribution in [0.2, 0.25) is 0 Å². The largest absolute Gasteiger partial charge is 0.448 e. The SMILES string of the molecule is C=CCOCCCO[C](F)F. The minimum absolute atomic E-state index is 0.000520. The molecule has 0 bridgehead atoms. The fourth-order valence-corrected chi connectivity index (χ4v) is 0.477. The first kappa shape index (κ1) is 10.5. The summed E-state index contributed by atoms with van der Waals surface area (Å²) in [6.45, 7) is 2.30. The second-order valence-corrected chi connectivity index (χ2v) is 1.79. The number of halogens is 2. The molecule has 0 aromatic rings. The monoisotopic (exact) mass is 165 g/mol. The van der Waals surface area contributed by atoms with Gasteiger partial charge < -0.3 is 9.47 Å². The van der Waals surface area contributed by atoms with E-state index in [0.717, 1.165) is 0 Å². The maximum absolute atomic E-state index is 11.2. The van der Waals surface area contributed by atoms with Gasteiger partial charge in [-0.1, -0.05) is 6.08 Å². The van der Waals surface area contributed by atoms with Crippen LogP contribution in [-0.4, -0.2) is 19.8 Å². The van der Waals surface area contributed by atoms with Crippen molar-refractivity contribution in [3.8, 4) is 0 Å². The molecule has 4 heteroatoms. The molecule has 0 rings (SSSR count). The second kappa shape index (κ2) is 7.63. The Morgan fingerprint density at radius 1 is 1.36 bits per heavy atom. The van der Waals surface area contributed by atoms with Gasteiger partial charge in [0.1, 0.15) is 0 Å². The van der Waals surface area contributed by atoms with Crippen LogP contribution in [0, 0.1) is 6.61 Å². The number of hydrogen-bond donors (Lipinski definition) is 0. The molecule has 0 saturated carbocycles. The number of ether oxygens (including phenoxy) is 2. The lowest BCUT2D eigenvalue weighted by molar-refractivity contribution is -0.0259. The minimum Gasteiger partial charge on any atom is -0.377 e. The third kappa shape index (κ3) is 9.52. The molecule has 0 atom stereocenters. The minimum atomic E-state index is -1.99. The van der Waals surface area contributed by atoms with Crippen molar-refractivity contribution in [1.82, 2.24) is 0 Å². The smallest absolute Gasteiger partial charge is 0.377 e. The number of rotatable bonds is 7. The molecule has 11 heavy (non-hydrogen) atoms. The maximum Gasteiger partial charge on any atom is 0.448 e. The van der Waals surface area contributed by atoms with Crippen LogP contribution >= 0.6 is 0 Å². The van der Waals surface area contributed by atoms with Crippen molar-refractivity contribution in [2.24, 2.45) is 0 Å². The van der Waals surface area contributed by atoms with Crippen LogP contribution < -0.4 is 0 Å². The average molecular weight is 165 g/mol. The molecular weight excluding hydrogens is 154 g/mol. The lowest BCUT2D eigenvalue weighted by Crippen LogP contribution is -2.00. The fourth-order valence-electron chi connectivity index (χ4n) is 0.477. The van der Waals surface area contributed by atoms with Crippen molar-refractivity contribution >= 4 is 0 Å². The highest BCUT2D eigenvalue weighted by Crippen LogP contribution is 2.04. The molecule has 0 aromatic heterocycles. The van der Waals surface area contributed by atoms with Crippen LogP contribution in [0.15, 0.2) is 12.7 Å². The Balaban J connectivity index is 2.85. The molecule has 1 radical (unpaired) electrons. The van der Waals surface area contributed by atoms with Crippen molar-refractivity contribution in [1.29, 1.82) is 0 Å².